The van der Waals surface area contributed by atoms with Crippen LogP contribution in [-0.2, 0) is 15.5 Å². The molecule has 0 saturated carbocycles. The van der Waals surface area contributed by atoms with Crippen molar-refractivity contribution in [2.24, 2.45) is 0 Å². The Balaban J connectivity index is 2.10. The van der Waals surface area contributed by atoms with Crippen molar-refractivity contribution in [1.29, 1.82) is 0 Å². The van der Waals surface area contributed by atoms with Crippen molar-refractivity contribution in [3.05, 3.63) is 57.6 Å². The van der Waals surface area contributed by atoms with E-state index < -0.39 is 20.8 Å². The number of carbonyl (C=O) groups excluding carboxylic acids is 1. The smallest absolute Gasteiger partial charge is 0.268 e. The average molecular weight is 502 g/mol. The Morgan fingerprint density at radius 2 is 1.78 bits per heavy atom. The molecule has 7 nitrogen and oxygen atoms in total. The molecule has 1 fully saturated rings. The van der Waals surface area contributed by atoms with Crippen LogP contribution in [-0.4, -0.2) is 56.3 Å². The minimum Gasteiger partial charge on any atom is -0.496 e. The number of benzene rings is 2. The lowest BCUT2D eigenvalue weighted by molar-refractivity contribution is 0.0775. The molecule has 0 aromatic heterocycles. The van der Waals surface area contributed by atoms with Gasteiger partial charge in [-0.15, -0.1) is 0 Å². The summed E-state index contributed by atoms with van der Waals surface area (Å²) in [7, 11) is -1.51. The van der Waals surface area contributed by atoms with Gasteiger partial charge in [-0.25, -0.2) is 0 Å². The maximum absolute atomic E-state index is 13.5. The third kappa shape index (κ3) is 4.41. The van der Waals surface area contributed by atoms with Gasteiger partial charge in [-0.05, 0) is 42.7 Å². The fraction of sp³-hybridized carbons (Fsp3) is 0.409. The van der Waals surface area contributed by atoms with Crippen LogP contribution in [0.3, 0.4) is 0 Å². The number of hydrogen-bond acceptors (Lipinski definition) is 5. The van der Waals surface area contributed by atoms with E-state index in [0.29, 0.717) is 28.5 Å². The number of nitrogens with zero attached hydrogens (tertiary/aromatic N) is 1. The Bertz CT molecular complexity index is 1100. The van der Waals surface area contributed by atoms with Gasteiger partial charge in [0.15, 0.2) is 0 Å². The first kappa shape index (κ1) is 24.6. The number of halogens is 2. The summed E-state index contributed by atoms with van der Waals surface area (Å²) < 4.78 is 45.5. The van der Waals surface area contributed by atoms with Crippen LogP contribution >= 0.6 is 23.2 Å². The normalized spacial score (nSPS) is 19.6. The lowest BCUT2D eigenvalue weighted by atomic mass is 9.75. The molecule has 2 aromatic carbocycles. The number of carbonyl (C=O) groups is 1. The quantitative estimate of drug-likeness (QED) is 0.562. The van der Waals surface area contributed by atoms with Crippen LogP contribution in [0, 0.1) is 0 Å². The number of amides is 1. The lowest BCUT2D eigenvalue weighted by Crippen LogP contribution is -2.47. The number of ether oxygens (including phenoxy) is 2. The molecule has 1 amide bonds. The van der Waals surface area contributed by atoms with E-state index in [0.717, 1.165) is 0 Å². The van der Waals surface area contributed by atoms with Gasteiger partial charge in [0.25, 0.3) is 16.0 Å². The first-order chi connectivity index (χ1) is 15.1. The van der Waals surface area contributed by atoms with Gasteiger partial charge in [0.1, 0.15) is 17.1 Å². The van der Waals surface area contributed by atoms with Crippen molar-refractivity contribution >= 4 is 39.2 Å². The minimum atomic E-state index is -4.43. The molecule has 2 aromatic rings. The maximum Gasteiger partial charge on any atom is 0.268 e. The first-order valence-electron chi connectivity index (χ1n) is 10.0. The largest absolute Gasteiger partial charge is 0.496 e. The molecular weight excluding hydrogens is 477 g/mol. The van der Waals surface area contributed by atoms with Crippen LogP contribution in [0.5, 0.6) is 11.5 Å². The Kier molecular flexibility index (Phi) is 7.29. The molecule has 1 saturated heterocycles. The zero-order valence-corrected chi connectivity index (χ0v) is 20.3. The highest BCUT2D eigenvalue weighted by atomic mass is 35.5. The zero-order chi connectivity index (χ0) is 23.7. The minimum absolute atomic E-state index is 0.0588. The van der Waals surface area contributed by atoms with E-state index in [9.17, 15) is 17.8 Å². The summed E-state index contributed by atoms with van der Waals surface area (Å²) in [6, 6.07) is 9.92. The van der Waals surface area contributed by atoms with Gasteiger partial charge in [-0.3, -0.25) is 9.35 Å². The third-order valence-electron chi connectivity index (χ3n) is 6.07. The summed E-state index contributed by atoms with van der Waals surface area (Å²) in [4.78, 5) is 15.1. The highest BCUT2D eigenvalue weighted by Gasteiger charge is 2.51. The van der Waals surface area contributed by atoms with Gasteiger partial charge in [-0.1, -0.05) is 42.3 Å². The number of hydrogen-bond donors (Lipinski definition) is 1. The summed E-state index contributed by atoms with van der Waals surface area (Å²) in [5, 5.41) is -0.537. The fourth-order valence-corrected chi connectivity index (χ4v) is 6.22. The molecule has 2 unspecified atom stereocenters. The molecule has 0 spiro atoms. The van der Waals surface area contributed by atoms with Crippen LogP contribution in [0.1, 0.15) is 35.7 Å². The highest BCUT2D eigenvalue weighted by molar-refractivity contribution is 7.86. The van der Waals surface area contributed by atoms with Crippen molar-refractivity contribution in [2.45, 2.75) is 30.4 Å². The van der Waals surface area contributed by atoms with Crippen LogP contribution < -0.4 is 9.47 Å². The molecule has 174 valence electrons. The lowest BCUT2D eigenvalue weighted by Gasteiger charge is -2.36. The second kappa shape index (κ2) is 9.47. The number of likely N-dealkylation sites (tertiary alicyclic amines) is 1. The van der Waals surface area contributed by atoms with Crippen LogP contribution in [0.4, 0.5) is 0 Å². The molecule has 0 aliphatic carbocycles. The highest BCUT2D eigenvalue weighted by Crippen LogP contribution is 2.44. The van der Waals surface area contributed by atoms with E-state index in [1.54, 1.807) is 48.2 Å². The molecule has 2 atom stereocenters. The van der Waals surface area contributed by atoms with E-state index in [1.165, 1.54) is 14.2 Å². The van der Waals surface area contributed by atoms with Crippen LogP contribution in [0.15, 0.2) is 36.4 Å². The van der Waals surface area contributed by atoms with Crippen molar-refractivity contribution in [1.82, 2.24) is 4.90 Å². The fourth-order valence-electron chi connectivity index (χ4n) is 4.60. The molecule has 0 radical (unpaired) electrons. The summed E-state index contributed by atoms with van der Waals surface area (Å²) in [5.41, 5.74) is -0.220. The molecule has 1 N–H and O–H groups in total. The molecule has 32 heavy (non-hydrogen) atoms. The van der Waals surface area contributed by atoms with Crippen molar-refractivity contribution in [3.63, 3.8) is 0 Å². The molecular formula is C22H25Cl2NO6S. The van der Waals surface area contributed by atoms with Crippen molar-refractivity contribution < 1.29 is 27.2 Å². The Morgan fingerprint density at radius 1 is 1.16 bits per heavy atom. The predicted molar refractivity (Wildman–Crippen MR) is 124 cm³/mol. The van der Waals surface area contributed by atoms with Crippen molar-refractivity contribution in [2.75, 3.05) is 27.3 Å². The van der Waals surface area contributed by atoms with Gasteiger partial charge < -0.3 is 14.4 Å². The second-order valence-electron chi connectivity index (χ2n) is 7.71. The van der Waals surface area contributed by atoms with Gasteiger partial charge in [-0.2, -0.15) is 8.42 Å². The summed E-state index contributed by atoms with van der Waals surface area (Å²) in [6.07, 6.45) is 0.464. The Hall–Kier alpha value is -2.00. The monoisotopic (exact) mass is 501 g/mol. The maximum atomic E-state index is 13.5. The average Bonchev–Trinajstić information content (AvgIpc) is 3.19. The first-order valence-corrected chi connectivity index (χ1v) is 12.3. The summed E-state index contributed by atoms with van der Waals surface area (Å²) in [5.74, 6) is 0.345. The van der Waals surface area contributed by atoms with E-state index >= 15 is 0 Å². The molecule has 1 aliphatic heterocycles. The standard InChI is InChI=1S/C22H25Cl2NO6S/c1-4-19(32(27,28)29)22(14-8-9-15(23)16(24)12-14)10-11-25(13-22)21(26)20-17(30-2)6-5-7-18(20)31-3/h5-9,12,19H,4,10-11,13H2,1-3H3,(H,27,28,29). The third-order valence-corrected chi connectivity index (χ3v) is 8.31. The molecule has 10 heteroatoms. The molecule has 1 heterocycles. The zero-order valence-electron chi connectivity index (χ0n) is 18.0. The predicted octanol–water partition coefficient (Wildman–Crippen LogP) is 4.46. The molecule has 1 aliphatic rings. The van der Waals surface area contributed by atoms with Crippen molar-refractivity contribution in [3.8, 4) is 11.5 Å². The van der Waals surface area contributed by atoms with E-state index in [1.807, 2.05) is 0 Å². The van der Waals surface area contributed by atoms with E-state index in [-0.39, 0.29) is 36.0 Å². The van der Waals surface area contributed by atoms with Gasteiger partial charge >= 0.3 is 0 Å². The second-order valence-corrected chi connectivity index (χ2v) is 10.1. The number of rotatable bonds is 7. The van der Waals surface area contributed by atoms with Gasteiger partial charge in [0.05, 0.1) is 29.5 Å². The van der Waals surface area contributed by atoms with E-state index in [2.05, 4.69) is 0 Å². The number of methoxy groups -OCH3 is 2. The van der Waals surface area contributed by atoms with Crippen LogP contribution in [0.2, 0.25) is 10.0 Å². The van der Waals surface area contributed by atoms with E-state index in [4.69, 9.17) is 32.7 Å². The summed E-state index contributed by atoms with van der Waals surface area (Å²) in [6.45, 7) is 2.01. The van der Waals surface area contributed by atoms with Gasteiger partial charge in [0.2, 0.25) is 0 Å². The Labute approximate surface area is 198 Å². The summed E-state index contributed by atoms with van der Waals surface area (Å²) >= 11 is 12.3. The Morgan fingerprint density at radius 3 is 2.28 bits per heavy atom. The molecule has 0 bridgehead atoms. The molecule has 3 rings (SSSR count). The SMILES string of the molecule is CCC(C1(c2ccc(Cl)c(Cl)c2)CCN(C(=O)c2c(OC)cccc2OC)C1)S(=O)(=O)O. The van der Waals surface area contributed by atoms with Gasteiger partial charge in [0, 0.05) is 18.5 Å². The van der Waals surface area contributed by atoms with Crippen LogP contribution in [0.25, 0.3) is 0 Å². The topological polar surface area (TPSA) is 93.1 Å².